The van der Waals surface area contributed by atoms with E-state index in [1.54, 1.807) is 18.2 Å². The molecule has 1 unspecified atom stereocenters. The number of hydrogen-bond acceptors (Lipinski definition) is 2. The molecule has 1 atom stereocenters. The van der Waals surface area contributed by atoms with Crippen LogP contribution in [0.2, 0.25) is 5.02 Å². The van der Waals surface area contributed by atoms with Crippen LogP contribution in [0.3, 0.4) is 0 Å². The van der Waals surface area contributed by atoms with Gasteiger partial charge < -0.3 is 5.32 Å². The van der Waals surface area contributed by atoms with Gasteiger partial charge in [-0.1, -0.05) is 23.7 Å². The van der Waals surface area contributed by atoms with Crippen molar-refractivity contribution in [1.29, 1.82) is 5.26 Å². The van der Waals surface area contributed by atoms with Crippen molar-refractivity contribution in [1.82, 2.24) is 0 Å². The molecule has 0 saturated carbocycles. The minimum Gasteiger partial charge on any atom is -0.376 e. The van der Waals surface area contributed by atoms with E-state index in [0.717, 1.165) is 5.56 Å². The Hall–Kier alpha value is -2.05. The Labute approximate surface area is 116 Å². The summed E-state index contributed by atoms with van der Waals surface area (Å²) in [7, 11) is 0. The summed E-state index contributed by atoms with van der Waals surface area (Å²) < 4.78 is 13.6. The van der Waals surface area contributed by atoms with E-state index < -0.39 is 0 Å². The number of hydrogen-bond donors (Lipinski definition) is 1. The fourth-order valence-electron chi connectivity index (χ4n) is 1.77. The van der Waals surface area contributed by atoms with Gasteiger partial charge in [-0.3, -0.25) is 0 Å². The number of anilines is 1. The normalized spacial score (nSPS) is 11.7. The number of halogens is 2. The lowest BCUT2D eigenvalue weighted by atomic mass is 10.1. The molecule has 0 radical (unpaired) electrons. The Bertz CT molecular complexity index is 617. The minimum atomic E-state index is -0.343. The molecule has 2 aromatic rings. The van der Waals surface area contributed by atoms with Crippen LogP contribution < -0.4 is 5.32 Å². The molecular formula is C15H12ClFN2. The summed E-state index contributed by atoms with van der Waals surface area (Å²) >= 11 is 5.84. The first-order valence-electron chi connectivity index (χ1n) is 5.82. The van der Waals surface area contributed by atoms with E-state index in [-0.39, 0.29) is 11.9 Å². The van der Waals surface area contributed by atoms with Crippen LogP contribution in [0.15, 0.2) is 42.5 Å². The molecule has 19 heavy (non-hydrogen) atoms. The van der Waals surface area contributed by atoms with Crippen molar-refractivity contribution in [3.8, 4) is 6.07 Å². The third-order valence-electron chi connectivity index (χ3n) is 2.84. The second kappa shape index (κ2) is 5.73. The quantitative estimate of drug-likeness (QED) is 0.893. The molecule has 0 saturated heterocycles. The van der Waals surface area contributed by atoms with E-state index in [9.17, 15) is 4.39 Å². The maximum absolute atomic E-state index is 13.6. The van der Waals surface area contributed by atoms with E-state index in [4.69, 9.17) is 16.9 Å². The van der Waals surface area contributed by atoms with E-state index in [0.29, 0.717) is 16.3 Å². The molecule has 0 aliphatic carbocycles. The first-order chi connectivity index (χ1) is 9.10. The predicted octanol–water partition coefficient (Wildman–Crippen LogP) is 4.52. The van der Waals surface area contributed by atoms with Crippen molar-refractivity contribution >= 4 is 17.3 Å². The zero-order valence-electron chi connectivity index (χ0n) is 10.3. The highest BCUT2D eigenvalue weighted by molar-refractivity contribution is 6.30. The molecule has 0 bridgehead atoms. The van der Waals surface area contributed by atoms with E-state index in [2.05, 4.69) is 11.4 Å². The van der Waals surface area contributed by atoms with Gasteiger partial charge in [0.15, 0.2) is 0 Å². The Balaban J connectivity index is 2.18. The van der Waals surface area contributed by atoms with Gasteiger partial charge in [0.2, 0.25) is 0 Å². The van der Waals surface area contributed by atoms with Crippen LogP contribution in [0.25, 0.3) is 0 Å². The maximum Gasteiger partial charge on any atom is 0.146 e. The summed E-state index contributed by atoms with van der Waals surface area (Å²) in [5.74, 6) is -0.343. The second-order valence-electron chi connectivity index (χ2n) is 4.22. The average molecular weight is 275 g/mol. The molecule has 0 aliphatic heterocycles. The first kappa shape index (κ1) is 13.4. The Morgan fingerprint density at radius 1 is 1.21 bits per heavy atom. The van der Waals surface area contributed by atoms with Gasteiger partial charge in [-0.2, -0.15) is 5.26 Å². The fourth-order valence-corrected chi connectivity index (χ4v) is 1.94. The van der Waals surface area contributed by atoms with Crippen LogP contribution in [0.4, 0.5) is 10.1 Å². The van der Waals surface area contributed by atoms with Gasteiger partial charge >= 0.3 is 0 Å². The molecular weight excluding hydrogens is 263 g/mol. The number of benzene rings is 2. The summed E-state index contributed by atoms with van der Waals surface area (Å²) in [6.45, 7) is 1.92. The Kier molecular flexibility index (Phi) is 4.03. The first-order valence-corrected chi connectivity index (χ1v) is 6.19. The van der Waals surface area contributed by atoms with Crippen molar-refractivity contribution in [3.05, 3.63) is 64.4 Å². The molecule has 2 nitrogen and oxygen atoms in total. The summed E-state index contributed by atoms with van der Waals surface area (Å²) in [6.07, 6.45) is 0. The lowest BCUT2D eigenvalue weighted by Crippen LogP contribution is -2.07. The highest BCUT2D eigenvalue weighted by Crippen LogP contribution is 2.24. The van der Waals surface area contributed by atoms with Gasteiger partial charge in [-0.25, -0.2) is 4.39 Å². The summed E-state index contributed by atoms with van der Waals surface area (Å²) in [5.41, 5.74) is 1.94. The summed E-state index contributed by atoms with van der Waals surface area (Å²) in [4.78, 5) is 0. The Morgan fingerprint density at radius 2 is 1.89 bits per heavy atom. The van der Waals surface area contributed by atoms with Gasteiger partial charge in [0.1, 0.15) is 5.82 Å². The van der Waals surface area contributed by atoms with Crippen molar-refractivity contribution < 1.29 is 4.39 Å². The van der Waals surface area contributed by atoms with Gasteiger partial charge in [0, 0.05) is 11.1 Å². The van der Waals surface area contributed by atoms with Crippen LogP contribution in [0, 0.1) is 17.1 Å². The zero-order valence-corrected chi connectivity index (χ0v) is 11.1. The highest BCUT2D eigenvalue weighted by atomic mass is 35.5. The largest absolute Gasteiger partial charge is 0.376 e. The van der Waals surface area contributed by atoms with Crippen LogP contribution >= 0.6 is 11.6 Å². The molecule has 0 aromatic heterocycles. The predicted molar refractivity (Wildman–Crippen MR) is 74.6 cm³/mol. The highest BCUT2D eigenvalue weighted by Gasteiger charge is 2.09. The van der Waals surface area contributed by atoms with E-state index >= 15 is 0 Å². The molecule has 0 spiro atoms. The van der Waals surface area contributed by atoms with Crippen LogP contribution in [-0.4, -0.2) is 0 Å². The fraction of sp³-hybridized carbons (Fsp3) is 0.133. The standard InChI is InChI=1S/C15H12ClFN2/c1-10(12-4-2-11(9-18)3-5-12)19-15-8-13(16)6-7-14(15)17/h2-8,10,19H,1H3. The van der Waals surface area contributed by atoms with Gasteiger partial charge in [-0.15, -0.1) is 0 Å². The smallest absolute Gasteiger partial charge is 0.146 e. The van der Waals surface area contributed by atoms with Crippen molar-refractivity contribution in [3.63, 3.8) is 0 Å². The molecule has 0 amide bonds. The van der Waals surface area contributed by atoms with Gasteiger partial charge in [-0.05, 0) is 42.8 Å². The lowest BCUT2D eigenvalue weighted by Gasteiger charge is -2.16. The molecule has 0 aliphatic rings. The third-order valence-corrected chi connectivity index (χ3v) is 3.08. The average Bonchev–Trinajstić information content (AvgIpc) is 2.43. The van der Waals surface area contributed by atoms with Crippen LogP contribution in [0.1, 0.15) is 24.1 Å². The minimum absolute atomic E-state index is 0.0827. The zero-order chi connectivity index (χ0) is 13.8. The van der Waals surface area contributed by atoms with Crippen molar-refractivity contribution in [2.24, 2.45) is 0 Å². The molecule has 1 N–H and O–H groups in total. The molecule has 96 valence electrons. The molecule has 2 rings (SSSR count). The molecule has 0 heterocycles. The Morgan fingerprint density at radius 3 is 2.53 bits per heavy atom. The molecule has 0 fully saturated rings. The van der Waals surface area contributed by atoms with Crippen molar-refractivity contribution in [2.75, 3.05) is 5.32 Å². The van der Waals surface area contributed by atoms with Gasteiger partial charge in [0.05, 0.1) is 17.3 Å². The van der Waals surface area contributed by atoms with Crippen LogP contribution in [-0.2, 0) is 0 Å². The van der Waals surface area contributed by atoms with Crippen molar-refractivity contribution in [2.45, 2.75) is 13.0 Å². The summed E-state index contributed by atoms with van der Waals surface area (Å²) in [6, 6.07) is 13.5. The summed E-state index contributed by atoms with van der Waals surface area (Å²) in [5, 5.41) is 12.3. The van der Waals surface area contributed by atoms with Gasteiger partial charge in [0.25, 0.3) is 0 Å². The molecule has 4 heteroatoms. The molecule has 2 aromatic carbocycles. The number of nitrogens with one attached hydrogen (secondary N) is 1. The monoisotopic (exact) mass is 274 g/mol. The third kappa shape index (κ3) is 3.24. The topological polar surface area (TPSA) is 35.8 Å². The van der Waals surface area contributed by atoms with Crippen LogP contribution in [0.5, 0.6) is 0 Å². The second-order valence-corrected chi connectivity index (χ2v) is 4.66. The number of nitriles is 1. The van der Waals surface area contributed by atoms with E-state index in [1.165, 1.54) is 12.1 Å². The maximum atomic E-state index is 13.6. The number of nitrogens with zero attached hydrogens (tertiary/aromatic N) is 1. The van der Waals surface area contributed by atoms with E-state index in [1.807, 2.05) is 19.1 Å². The SMILES string of the molecule is CC(Nc1cc(Cl)ccc1F)c1ccc(C#N)cc1. The number of rotatable bonds is 3. The lowest BCUT2D eigenvalue weighted by molar-refractivity contribution is 0.627.